The molecule has 0 aromatic rings. The van der Waals surface area contributed by atoms with Gasteiger partial charge in [0.1, 0.15) is 0 Å². The van der Waals surface area contributed by atoms with E-state index in [1.165, 1.54) is 12.8 Å². The number of amides is 2. The van der Waals surface area contributed by atoms with Crippen LogP contribution in [0.25, 0.3) is 0 Å². The molecule has 0 spiro atoms. The van der Waals surface area contributed by atoms with E-state index in [0.29, 0.717) is 19.0 Å². The quantitative estimate of drug-likeness (QED) is 0.731. The van der Waals surface area contributed by atoms with Crippen molar-refractivity contribution in [2.75, 3.05) is 19.6 Å². The summed E-state index contributed by atoms with van der Waals surface area (Å²) in [6.45, 7) is 2.24. The molecule has 18 heavy (non-hydrogen) atoms. The highest BCUT2D eigenvalue weighted by atomic mass is 16.2. The molecular formula is C13H21N3O2. The third-order valence-electron chi connectivity index (χ3n) is 4.27. The second kappa shape index (κ2) is 4.88. The van der Waals surface area contributed by atoms with Gasteiger partial charge in [-0.05, 0) is 25.7 Å². The molecule has 3 rings (SSSR count). The van der Waals surface area contributed by atoms with Gasteiger partial charge in [0.2, 0.25) is 11.8 Å². The molecule has 2 heterocycles. The van der Waals surface area contributed by atoms with Crippen LogP contribution in [0.4, 0.5) is 0 Å². The molecule has 0 aromatic heterocycles. The van der Waals surface area contributed by atoms with Crippen LogP contribution in [-0.4, -0.2) is 48.4 Å². The Labute approximate surface area is 107 Å². The number of nitrogens with one attached hydrogen (secondary N) is 2. The zero-order valence-corrected chi connectivity index (χ0v) is 10.7. The molecule has 2 aliphatic heterocycles. The zero-order valence-electron chi connectivity index (χ0n) is 10.7. The Bertz CT molecular complexity index is 354. The molecule has 100 valence electrons. The number of rotatable bonds is 4. The smallest absolute Gasteiger partial charge is 0.225 e. The number of carbonyl (C=O) groups is 2. The monoisotopic (exact) mass is 251 g/mol. The van der Waals surface area contributed by atoms with Gasteiger partial charge in [-0.1, -0.05) is 0 Å². The predicted octanol–water partition coefficient (Wildman–Crippen LogP) is -0.134. The average molecular weight is 251 g/mol. The molecule has 5 heteroatoms. The summed E-state index contributed by atoms with van der Waals surface area (Å²) in [5.74, 6) is 0.377. The maximum Gasteiger partial charge on any atom is 0.225 e. The van der Waals surface area contributed by atoms with Gasteiger partial charge in [0.05, 0.1) is 12.0 Å². The van der Waals surface area contributed by atoms with Crippen LogP contribution in [0.1, 0.15) is 32.1 Å². The third-order valence-corrected chi connectivity index (χ3v) is 4.27. The highest BCUT2D eigenvalue weighted by molar-refractivity contribution is 5.84. The summed E-state index contributed by atoms with van der Waals surface area (Å²) in [5.41, 5.74) is 0. The summed E-state index contributed by atoms with van der Waals surface area (Å²) >= 11 is 0. The van der Waals surface area contributed by atoms with E-state index in [0.717, 1.165) is 25.9 Å². The molecule has 1 saturated carbocycles. The average Bonchev–Trinajstić information content (AvgIpc) is 3.12. The van der Waals surface area contributed by atoms with Gasteiger partial charge in [0, 0.05) is 32.1 Å². The molecule has 0 bridgehead atoms. The standard InChI is InChI=1S/C13H21N3O2/c17-12(5-6-14-9-3-4-9)16-7-1-2-10-11(16)8-15-13(10)18/h9-11,14H,1-8H2,(H,15,18). The van der Waals surface area contributed by atoms with Crippen molar-refractivity contribution in [3.8, 4) is 0 Å². The molecule has 5 nitrogen and oxygen atoms in total. The highest BCUT2D eigenvalue weighted by Crippen LogP contribution is 2.27. The summed E-state index contributed by atoms with van der Waals surface area (Å²) in [6.07, 6.45) is 4.95. The van der Waals surface area contributed by atoms with Crippen molar-refractivity contribution in [2.45, 2.75) is 44.2 Å². The lowest BCUT2D eigenvalue weighted by Crippen LogP contribution is -2.49. The van der Waals surface area contributed by atoms with Gasteiger partial charge in [0.25, 0.3) is 0 Å². The summed E-state index contributed by atoms with van der Waals surface area (Å²) in [5, 5.41) is 6.25. The molecule has 1 aliphatic carbocycles. The van der Waals surface area contributed by atoms with E-state index in [9.17, 15) is 9.59 Å². The van der Waals surface area contributed by atoms with Crippen LogP contribution in [0, 0.1) is 5.92 Å². The first-order chi connectivity index (χ1) is 8.75. The fraction of sp³-hybridized carbons (Fsp3) is 0.846. The van der Waals surface area contributed by atoms with Crippen LogP contribution in [0.5, 0.6) is 0 Å². The van der Waals surface area contributed by atoms with Gasteiger partial charge in [0.15, 0.2) is 0 Å². The SMILES string of the molecule is O=C1NCC2C1CCCN2C(=O)CCNC1CC1. The first kappa shape index (κ1) is 12.0. The van der Waals surface area contributed by atoms with Crippen molar-refractivity contribution < 1.29 is 9.59 Å². The maximum atomic E-state index is 12.2. The molecular weight excluding hydrogens is 230 g/mol. The van der Waals surface area contributed by atoms with E-state index >= 15 is 0 Å². The highest BCUT2D eigenvalue weighted by Gasteiger charge is 2.42. The Morgan fingerprint density at radius 2 is 2.22 bits per heavy atom. The van der Waals surface area contributed by atoms with E-state index in [2.05, 4.69) is 10.6 Å². The van der Waals surface area contributed by atoms with Crippen LogP contribution in [0.15, 0.2) is 0 Å². The second-order valence-electron chi connectivity index (χ2n) is 5.63. The molecule has 0 aromatic carbocycles. The van der Waals surface area contributed by atoms with E-state index in [-0.39, 0.29) is 23.8 Å². The van der Waals surface area contributed by atoms with Gasteiger partial charge in [-0.2, -0.15) is 0 Å². The summed E-state index contributed by atoms with van der Waals surface area (Å²) in [4.78, 5) is 25.8. The zero-order chi connectivity index (χ0) is 12.5. The Balaban J connectivity index is 1.53. The lowest BCUT2D eigenvalue weighted by Gasteiger charge is -2.36. The van der Waals surface area contributed by atoms with Crippen molar-refractivity contribution in [2.24, 2.45) is 5.92 Å². The van der Waals surface area contributed by atoms with Gasteiger partial charge in [-0.25, -0.2) is 0 Å². The summed E-state index contributed by atoms with van der Waals surface area (Å²) in [6, 6.07) is 0.765. The molecule has 2 saturated heterocycles. The van der Waals surface area contributed by atoms with Crippen molar-refractivity contribution in [1.29, 1.82) is 0 Å². The normalized spacial score (nSPS) is 31.1. The minimum Gasteiger partial charge on any atom is -0.354 e. The van der Waals surface area contributed by atoms with Crippen LogP contribution in [-0.2, 0) is 9.59 Å². The minimum absolute atomic E-state index is 0.0408. The van der Waals surface area contributed by atoms with Gasteiger partial charge in [-0.15, -0.1) is 0 Å². The molecule has 2 atom stereocenters. The Morgan fingerprint density at radius 1 is 1.39 bits per heavy atom. The van der Waals surface area contributed by atoms with Crippen LogP contribution < -0.4 is 10.6 Å². The van der Waals surface area contributed by atoms with E-state index in [1.807, 2.05) is 4.90 Å². The fourth-order valence-corrected chi connectivity index (χ4v) is 3.08. The number of nitrogens with zero attached hydrogens (tertiary/aromatic N) is 1. The van der Waals surface area contributed by atoms with Crippen LogP contribution >= 0.6 is 0 Å². The van der Waals surface area contributed by atoms with Gasteiger partial charge >= 0.3 is 0 Å². The fourth-order valence-electron chi connectivity index (χ4n) is 3.08. The lowest BCUT2D eigenvalue weighted by atomic mass is 9.91. The lowest BCUT2D eigenvalue weighted by molar-refractivity contribution is -0.136. The molecule has 0 radical (unpaired) electrons. The van der Waals surface area contributed by atoms with Crippen molar-refractivity contribution in [3.05, 3.63) is 0 Å². The van der Waals surface area contributed by atoms with E-state index < -0.39 is 0 Å². The summed E-state index contributed by atoms with van der Waals surface area (Å²) in [7, 11) is 0. The Morgan fingerprint density at radius 3 is 3.00 bits per heavy atom. The molecule has 2 unspecified atom stereocenters. The molecule has 2 amide bonds. The second-order valence-corrected chi connectivity index (χ2v) is 5.63. The topological polar surface area (TPSA) is 61.4 Å². The predicted molar refractivity (Wildman–Crippen MR) is 66.9 cm³/mol. The number of piperidine rings is 1. The largest absolute Gasteiger partial charge is 0.354 e. The molecule has 2 N–H and O–H groups in total. The van der Waals surface area contributed by atoms with E-state index in [1.54, 1.807) is 0 Å². The summed E-state index contributed by atoms with van der Waals surface area (Å²) < 4.78 is 0. The third kappa shape index (κ3) is 2.36. The van der Waals surface area contributed by atoms with Crippen LogP contribution in [0.2, 0.25) is 0 Å². The Hall–Kier alpha value is -1.10. The van der Waals surface area contributed by atoms with Crippen molar-refractivity contribution in [1.82, 2.24) is 15.5 Å². The number of hydrogen-bond donors (Lipinski definition) is 2. The van der Waals surface area contributed by atoms with Crippen molar-refractivity contribution >= 4 is 11.8 Å². The first-order valence-electron chi connectivity index (χ1n) is 7.06. The maximum absolute atomic E-state index is 12.2. The number of likely N-dealkylation sites (tertiary alicyclic amines) is 1. The van der Waals surface area contributed by atoms with Crippen LogP contribution in [0.3, 0.4) is 0 Å². The minimum atomic E-state index is 0.0408. The Kier molecular flexibility index (Phi) is 3.24. The molecule has 3 fully saturated rings. The number of fused-ring (bicyclic) bond motifs is 1. The van der Waals surface area contributed by atoms with Gasteiger partial charge in [-0.3, -0.25) is 9.59 Å². The molecule has 3 aliphatic rings. The number of hydrogen-bond acceptors (Lipinski definition) is 3. The first-order valence-corrected chi connectivity index (χ1v) is 7.06. The number of carbonyl (C=O) groups excluding carboxylic acids is 2. The van der Waals surface area contributed by atoms with Crippen molar-refractivity contribution in [3.63, 3.8) is 0 Å². The van der Waals surface area contributed by atoms with Gasteiger partial charge < -0.3 is 15.5 Å². The van der Waals surface area contributed by atoms with E-state index in [4.69, 9.17) is 0 Å².